The van der Waals surface area contributed by atoms with Crippen LogP contribution in [0.3, 0.4) is 0 Å². The average Bonchev–Trinajstić information content (AvgIpc) is 3.09. The number of amides is 1. The third-order valence-corrected chi connectivity index (χ3v) is 4.24. The number of halogens is 1. The lowest BCUT2D eigenvalue weighted by Crippen LogP contribution is -2.28. The van der Waals surface area contributed by atoms with Gasteiger partial charge in [0.15, 0.2) is 11.7 Å². The van der Waals surface area contributed by atoms with Crippen molar-refractivity contribution in [3.05, 3.63) is 36.4 Å². The molecule has 1 aromatic heterocycles. The standard InChI is InChI=1S/C17H21N3O2.ClH/c1-11-19-10-16(22-11)12-5-7-14(8-6-12)20-17(21)9-13-3-2-4-15(13)18;/h5-8,10,13,15H,2-4,9,18H2,1H3,(H,20,21);1H/t13-,15+;/m0./s1. The molecular weight excluding hydrogens is 314 g/mol. The van der Waals surface area contributed by atoms with Crippen molar-refractivity contribution in [3.8, 4) is 11.3 Å². The molecule has 23 heavy (non-hydrogen) atoms. The topological polar surface area (TPSA) is 81.2 Å². The fraction of sp³-hybridized carbons (Fsp3) is 0.412. The van der Waals surface area contributed by atoms with Gasteiger partial charge in [0.05, 0.1) is 6.20 Å². The Labute approximate surface area is 142 Å². The number of hydrogen-bond donors (Lipinski definition) is 2. The summed E-state index contributed by atoms with van der Waals surface area (Å²) in [5.41, 5.74) is 7.74. The first-order valence-electron chi connectivity index (χ1n) is 7.70. The van der Waals surface area contributed by atoms with Gasteiger partial charge in [-0.2, -0.15) is 0 Å². The van der Waals surface area contributed by atoms with Crippen LogP contribution in [0.15, 0.2) is 34.9 Å². The number of aryl methyl sites for hydroxylation is 1. The lowest BCUT2D eigenvalue weighted by atomic mass is 10.00. The van der Waals surface area contributed by atoms with E-state index in [1.54, 1.807) is 6.20 Å². The molecule has 1 fully saturated rings. The summed E-state index contributed by atoms with van der Waals surface area (Å²) in [6.07, 6.45) is 5.42. The van der Waals surface area contributed by atoms with E-state index in [0.29, 0.717) is 18.2 Å². The number of nitrogens with zero attached hydrogens (tertiary/aromatic N) is 1. The molecule has 1 aliphatic rings. The van der Waals surface area contributed by atoms with Crippen molar-refractivity contribution in [2.24, 2.45) is 11.7 Å². The van der Waals surface area contributed by atoms with E-state index in [1.165, 1.54) is 0 Å². The SMILES string of the molecule is Cc1ncc(-c2ccc(NC(=O)C[C@@H]3CCC[C@H]3N)cc2)o1.Cl. The second-order valence-corrected chi connectivity index (χ2v) is 5.93. The van der Waals surface area contributed by atoms with Gasteiger partial charge in [-0.3, -0.25) is 4.79 Å². The van der Waals surface area contributed by atoms with Gasteiger partial charge in [0.1, 0.15) is 0 Å². The van der Waals surface area contributed by atoms with Crippen molar-refractivity contribution in [2.45, 2.75) is 38.6 Å². The van der Waals surface area contributed by atoms with E-state index in [4.69, 9.17) is 10.2 Å². The number of rotatable bonds is 4. The Hall–Kier alpha value is -1.85. The van der Waals surface area contributed by atoms with Crippen LogP contribution in [0.1, 0.15) is 31.6 Å². The maximum Gasteiger partial charge on any atom is 0.224 e. The molecule has 3 N–H and O–H groups in total. The van der Waals surface area contributed by atoms with Crippen LogP contribution in [-0.4, -0.2) is 16.9 Å². The monoisotopic (exact) mass is 335 g/mol. The molecule has 0 unspecified atom stereocenters. The van der Waals surface area contributed by atoms with Crippen LogP contribution >= 0.6 is 12.4 Å². The third kappa shape index (κ3) is 4.33. The van der Waals surface area contributed by atoms with Crippen LogP contribution in [0.2, 0.25) is 0 Å². The summed E-state index contributed by atoms with van der Waals surface area (Å²) in [6, 6.07) is 7.75. The number of nitrogens with two attached hydrogens (primary N) is 1. The van der Waals surface area contributed by atoms with E-state index < -0.39 is 0 Å². The average molecular weight is 336 g/mol. The zero-order valence-corrected chi connectivity index (χ0v) is 13.9. The molecule has 5 nitrogen and oxygen atoms in total. The maximum absolute atomic E-state index is 12.1. The zero-order chi connectivity index (χ0) is 15.5. The molecule has 1 aromatic carbocycles. The zero-order valence-electron chi connectivity index (χ0n) is 13.1. The normalized spacial score (nSPS) is 20.1. The summed E-state index contributed by atoms with van der Waals surface area (Å²) in [6.45, 7) is 1.81. The Morgan fingerprint density at radius 1 is 1.35 bits per heavy atom. The highest BCUT2D eigenvalue weighted by Gasteiger charge is 2.25. The van der Waals surface area contributed by atoms with Crippen molar-refractivity contribution < 1.29 is 9.21 Å². The van der Waals surface area contributed by atoms with Crippen molar-refractivity contribution in [2.75, 3.05) is 5.32 Å². The summed E-state index contributed by atoms with van der Waals surface area (Å²) in [5, 5.41) is 2.93. The summed E-state index contributed by atoms with van der Waals surface area (Å²) in [5.74, 6) is 1.72. The Morgan fingerprint density at radius 3 is 2.65 bits per heavy atom. The van der Waals surface area contributed by atoms with Crippen LogP contribution < -0.4 is 11.1 Å². The molecule has 0 spiro atoms. The summed E-state index contributed by atoms with van der Waals surface area (Å²) >= 11 is 0. The van der Waals surface area contributed by atoms with Crippen molar-refractivity contribution >= 4 is 24.0 Å². The Kier molecular flexibility index (Phi) is 5.80. The number of hydrogen-bond acceptors (Lipinski definition) is 4. The summed E-state index contributed by atoms with van der Waals surface area (Å²) in [7, 11) is 0. The predicted octanol–water partition coefficient (Wildman–Crippen LogP) is 3.53. The minimum Gasteiger partial charge on any atom is -0.441 e. The van der Waals surface area contributed by atoms with Gasteiger partial charge >= 0.3 is 0 Å². The highest BCUT2D eigenvalue weighted by molar-refractivity contribution is 5.91. The third-order valence-electron chi connectivity index (χ3n) is 4.24. The second-order valence-electron chi connectivity index (χ2n) is 5.93. The van der Waals surface area contributed by atoms with E-state index >= 15 is 0 Å². The van der Waals surface area contributed by atoms with Gasteiger partial charge in [-0.15, -0.1) is 12.4 Å². The number of carbonyl (C=O) groups is 1. The van der Waals surface area contributed by atoms with Crippen molar-refractivity contribution in [1.29, 1.82) is 0 Å². The van der Waals surface area contributed by atoms with E-state index in [1.807, 2.05) is 31.2 Å². The van der Waals surface area contributed by atoms with Gasteiger partial charge in [-0.05, 0) is 43.0 Å². The highest BCUT2D eigenvalue weighted by atomic mass is 35.5. The maximum atomic E-state index is 12.1. The van der Waals surface area contributed by atoms with E-state index in [0.717, 1.165) is 36.3 Å². The molecule has 2 atom stereocenters. The van der Waals surface area contributed by atoms with E-state index in [2.05, 4.69) is 10.3 Å². The molecular formula is C17H22ClN3O2. The number of benzene rings is 1. The first-order valence-corrected chi connectivity index (χ1v) is 7.70. The van der Waals surface area contributed by atoms with Crippen LogP contribution in [0, 0.1) is 12.8 Å². The number of nitrogens with one attached hydrogen (secondary N) is 1. The van der Waals surface area contributed by atoms with Gasteiger partial charge in [-0.25, -0.2) is 4.98 Å². The van der Waals surface area contributed by atoms with Gasteiger partial charge in [0.25, 0.3) is 0 Å². The fourth-order valence-corrected chi connectivity index (χ4v) is 2.98. The predicted molar refractivity (Wildman–Crippen MR) is 92.5 cm³/mol. The second kappa shape index (κ2) is 7.62. The molecule has 124 valence electrons. The highest BCUT2D eigenvalue weighted by Crippen LogP contribution is 2.27. The molecule has 1 saturated carbocycles. The van der Waals surface area contributed by atoms with Crippen LogP contribution in [0.25, 0.3) is 11.3 Å². The lowest BCUT2D eigenvalue weighted by molar-refractivity contribution is -0.117. The molecule has 2 aromatic rings. The first kappa shape index (κ1) is 17.5. The van der Waals surface area contributed by atoms with E-state index in [-0.39, 0.29) is 24.4 Å². The Bertz CT molecular complexity index is 654. The minimum absolute atomic E-state index is 0. The molecule has 0 aliphatic heterocycles. The number of anilines is 1. The molecule has 1 heterocycles. The van der Waals surface area contributed by atoms with Crippen LogP contribution in [0.4, 0.5) is 5.69 Å². The van der Waals surface area contributed by atoms with E-state index in [9.17, 15) is 4.79 Å². The molecule has 1 aliphatic carbocycles. The number of carbonyl (C=O) groups excluding carboxylic acids is 1. The Morgan fingerprint density at radius 2 is 2.09 bits per heavy atom. The minimum atomic E-state index is 0. The lowest BCUT2D eigenvalue weighted by Gasteiger charge is -2.14. The van der Waals surface area contributed by atoms with Gasteiger partial charge in [-0.1, -0.05) is 6.42 Å². The number of aromatic nitrogens is 1. The molecule has 1 amide bonds. The largest absolute Gasteiger partial charge is 0.441 e. The van der Waals surface area contributed by atoms with Gasteiger partial charge in [0.2, 0.25) is 5.91 Å². The molecule has 0 saturated heterocycles. The number of oxazole rings is 1. The first-order chi connectivity index (χ1) is 10.6. The van der Waals surface area contributed by atoms with Crippen molar-refractivity contribution in [3.63, 3.8) is 0 Å². The quantitative estimate of drug-likeness (QED) is 0.895. The smallest absolute Gasteiger partial charge is 0.224 e. The molecule has 3 rings (SSSR count). The molecule has 0 radical (unpaired) electrons. The van der Waals surface area contributed by atoms with Crippen LogP contribution in [-0.2, 0) is 4.79 Å². The summed E-state index contributed by atoms with van der Waals surface area (Å²) < 4.78 is 5.48. The van der Waals surface area contributed by atoms with Crippen molar-refractivity contribution in [1.82, 2.24) is 4.98 Å². The van der Waals surface area contributed by atoms with Crippen LogP contribution in [0.5, 0.6) is 0 Å². The molecule has 0 bridgehead atoms. The molecule has 6 heteroatoms. The Balaban J connectivity index is 0.00000192. The van der Waals surface area contributed by atoms with Gasteiger partial charge < -0.3 is 15.5 Å². The summed E-state index contributed by atoms with van der Waals surface area (Å²) in [4.78, 5) is 16.2. The van der Waals surface area contributed by atoms with Gasteiger partial charge in [0, 0.05) is 30.6 Å². The fourth-order valence-electron chi connectivity index (χ4n) is 2.98.